The quantitative estimate of drug-likeness (QED) is 0.686. The second-order valence-electron chi connectivity index (χ2n) is 5.39. The van der Waals surface area contributed by atoms with Gasteiger partial charge in [0.2, 0.25) is 0 Å². The number of nitrogens with zero attached hydrogens (tertiary/aromatic N) is 2. The van der Waals surface area contributed by atoms with Gasteiger partial charge in [0.1, 0.15) is 11.6 Å². The maximum Gasteiger partial charge on any atom is 0.257 e. The number of rotatable bonds is 7. The van der Waals surface area contributed by atoms with E-state index in [1.54, 1.807) is 37.6 Å². The number of methoxy groups -OCH3 is 1. The smallest absolute Gasteiger partial charge is 0.257 e. The van der Waals surface area contributed by atoms with E-state index < -0.39 is 0 Å². The maximum atomic E-state index is 12.4. The number of carbonyl (C=O) groups is 1. The lowest BCUT2D eigenvalue weighted by Gasteiger charge is -2.21. The normalized spacial score (nSPS) is 9.50. The first kappa shape index (κ1) is 23.8. The molecule has 0 saturated heterocycles. The van der Waals surface area contributed by atoms with Crippen LogP contribution in [-0.4, -0.2) is 31.1 Å². The first-order valence-electron chi connectivity index (χ1n) is 8.04. The molecule has 1 aromatic heterocycles. The summed E-state index contributed by atoms with van der Waals surface area (Å²) in [4.78, 5) is 18.9. The number of amides is 1. The van der Waals surface area contributed by atoms with E-state index in [2.05, 4.69) is 29.0 Å². The largest absolute Gasteiger partial charge is 0.497 e. The molecule has 0 spiro atoms. The van der Waals surface area contributed by atoms with Crippen LogP contribution in [0.5, 0.6) is 5.75 Å². The molecule has 0 atom stereocenters. The van der Waals surface area contributed by atoms with Gasteiger partial charge in [-0.1, -0.05) is 6.92 Å². The third kappa shape index (κ3) is 5.97. The summed E-state index contributed by atoms with van der Waals surface area (Å²) in [6, 6.07) is 8.76. The van der Waals surface area contributed by atoms with Crippen molar-refractivity contribution < 1.29 is 9.53 Å². The Hall–Kier alpha value is -2.18. The third-order valence-corrected chi connectivity index (χ3v) is 3.72. The fourth-order valence-corrected chi connectivity index (χ4v) is 2.38. The average molecular weight is 401 g/mol. The minimum Gasteiger partial charge on any atom is -0.497 e. The summed E-state index contributed by atoms with van der Waals surface area (Å²) >= 11 is 0. The molecule has 0 aliphatic carbocycles. The molecule has 8 heteroatoms. The zero-order chi connectivity index (χ0) is 17.5. The standard InChI is InChI=1S/C18H24N4O2.2ClH/c1-4-10-22(5-2)17-9-6-13(12-20-17)18(23)21-16-11-14(24-3)7-8-15(16)19;;/h6-9,11-12H,4-5,10,19H2,1-3H3,(H,21,23);2*1H. The number of pyridine rings is 1. The van der Waals surface area contributed by atoms with Gasteiger partial charge in [-0.2, -0.15) is 0 Å². The predicted octanol–water partition coefficient (Wildman–Crippen LogP) is 4.00. The highest BCUT2D eigenvalue weighted by atomic mass is 35.5. The topological polar surface area (TPSA) is 80.5 Å². The van der Waals surface area contributed by atoms with E-state index >= 15 is 0 Å². The van der Waals surface area contributed by atoms with Crippen LogP contribution in [0, 0.1) is 0 Å². The van der Waals surface area contributed by atoms with Gasteiger partial charge in [-0.05, 0) is 37.6 Å². The number of halogens is 2. The van der Waals surface area contributed by atoms with Gasteiger partial charge in [0.25, 0.3) is 5.91 Å². The van der Waals surface area contributed by atoms with Gasteiger partial charge >= 0.3 is 0 Å². The lowest BCUT2D eigenvalue weighted by molar-refractivity contribution is 0.102. The van der Waals surface area contributed by atoms with Crippen molar-refractivity contribution in [3.05, 3.63) is 42.1 Å². The molecule has 1 heterocycles. The minimum absolute atomic E-state index is 0. The SMILES string of the molecule is CCCN(CC)c1ccc(C(=O)Nc2cc(OC)ccc2N)cn1.Cl.Cl. The van der Waals surface area contributed by atoms with Crippen molar-refractivity contribution in [2.75, 3.05) is 36.1 Å². The number of ether oxygens (including phenoxy) is 1. The molecular weight excluding hydrogens is 375 g/mol. The van der Waals surface area contributed by atoms with Crippen LogP contribution in [0.4, 0.5) is 17.2 Å². The fraction of sp³-hybridized carbons (Fsp3) is 0.333. The van der Waals surface area contributed by atoms with Crippen LogP contribution >= 0.6 is 24.8 Å². The number of nitrogen functional groups attached to an aromatic ring is 1. The van der Waals surface area contributed by atoms with Crippen molar-refractivity contribution in [2.45, 2.75) is 20.3 Å². The highest BCUT2D eigenvalue weighted by Gasteiger charge is 2.11. The van der Waals surface area contributed by atoms with Crippen molar-refractivity contribution in [1.29, 1.82) is 0 Å². The molecule has 0 fully saturated rings. The van der Waals surface area contributed by atoms with Crippen LogP contribution in [0.15, 0.2) is 36.5 Å². The molecule has 3 N–H and O–H groups in total. The van der Waals surface area contributed by atoms with Crippen LogP contribution in [-0.2, 0) is 0 Å². The van der Waals surface area contributed by atoms with Crippen LogP contribution < -0.4 is 20.7 Å². The molecule has 0 aliphatic rings. The van der Waals surface area contributed by atoms with E-state index in [4.69, 9.17) is 10.5 Å². The Morgan fingerprint density at radius 3 is 2.50 bits per heavy atom. The van der Waals surface area contributed by atoms with E-state index in [1.807, 2.05) is 6.07 Å². The zero-order valence-electron chi connectivity index (χ0n) is 15.2. The van der Waals surface area contributed by atoms with Crippen LogP contribution in [0.3, 0.4) is 0 Å². The highest BCUT2D eigenvalue weighted by Crippen LogP contribution is 2.25. The Kier molecular flexibility index (Phi) is 10.5. The number of anilines is 3. The molecule has 0 saturated carbocycles. The van der Waals surface area contributed by atoms with Gasteiger partial charge < -0.3 is 20.7 Å². The van der Waals surface area contributed by atoms with E-state index in [9.17, 15) is 4.79 Å². The summed E-state index contributed by atoms with van der Waals surface area (Å²) < 4.78 is 5.15. The minimum atomic E-state index is -0.257. The van der Waals surface area contributed by atoms with Crippen LogP contribution in [0.1, 0.15) is 30.6 Å². The Bertz CT molecular complexity index is 696. The van der Waals surface area contributed by atoms with Gasteiger partial charge in [0.15, 0.2) is 0 Å². The van der Waals surface area contributed by atoms with Gasteiger partial charge in [0.05, 0.1) is 24.0 Å². The first-order valence-corrected chi connectivity index (χ1v) is 8.04. The number of carbonyl (C=O) groups excluding carboxylic acids is 1. The first-order chi connectivity index (χ1) is 11.6. The summed E-state index contributed by atoms with van der Waals surface area (Å²) in [6.45, 7) is 6.04. The molecule has 144 valence electrons. The number of nitrogens with two attached hydrogens (primary N) is 1. The second-order valence-corrected chi connectivity index (χ2v) is 5.39. The molecule has 2 aromatic rings. The number of aromatic nitrogens is 1. The zero-order valence-corrected chi connectivity index (χ0v) is 16.8. The second kappa shape index (κ2) is 11.4. The number of benzene rings is 1. The van der Waals surface area contributed by atoms with E-state index in [-0.39, 0.29) is 30.7 Å². The molecule has 0 aliphatic heterocycles. The molecule has 1 amide bonds. The van der Waals surface area contributed by atoms with Crippen LogP contribution in [0.2, 0.25) is 0 Å². The van der Waals surface area contributed by atoms with E-state index in [0.29, 0.717) is 22.7 Å². The molecule has 6 nitrogen and oxygen atoms in total. The molecule has 0 radical (unpaired) electrons. The molecule has 0 bridgehead atoms. The maximum absolute atomic E-state index is 12.4. The lowest BCUT2D eigenvalue weighted by Crippen LogP contribution is -2.24. The molecule has 26 heavy (non-hydrogen) atoms. The third-order valence-electron chi connectivity index (χ3n) is 3.72. The van der Waals surface area contributed by atoms with Gasteiger partial charge in [-0.3, -0.25) is 4.79 Å². The van der Waals surface area contributed by atoms with Crippen molar-refractivity contribution in [3.8, 4) is 5.75 Å². The number of hydrogen-bond acceptors (Lipinski definition) is 5. The fourth-order valence-electron chi connectivity index (χ4n) is 2.38. The molecule has 2 rings (SSSR count). The van der Waals surface area contributed by atoms with Crippen molar-refractivity contribution in [3.63, 3.8) is 0 Å². The van der Waals surface area contributed by atoms with Crippen molar-refractivity contribution in [2.24, 2.45) is 0 Å². The lowest BCUT2D eigenvalue weighted by atomic mass is 10.2. The number of nitrogens with one attached hydrogen (secondary N) is 1. The molecule has 0 unspecified atom stereocenters. The van der Waals surface area contributed by atoms with E-state index in [0.717, 1.165) is 25.3 Å². The van der Waals surface area contributed by atoms with Gasteiger partial charge in [0, 0.05) is 25.4 Å². The Morgan fingerprint density at radius 1 is 1.23 bits per heavy atom. The van der Waals surface area contributed by atoms with Crippen LogP contribution in [0.25, 0.3) is 0 Å². The Morgan fingerprint density at radius 2 is 1.96 bits per heavy atom. The predicted molar refractivity (Wildman–Crippen MR) is 112 cm³/mol. The van der Waals surface area contributed by atoms with Gasteiger partial charge in [-0.15, -0.1) is 24.8 Å². The van der Waals surface area contributed by atoms with E-state index in [1.165, 1.54) is 0 Å². The summed E-state index contributed by atoms with van der Waals surface area (Å²) in [5.41, 5.74) is 7.37. The summed E-state index contributed by atoms with van der Waals surface area (Å²) in [6.07, 6.45) is 2.63. The van der Waals surface area contributed by atoms with Crippen molar-refractivity contribution >= 4 is 47.9 Å². The summed E-state index contributed by atoms with van der Waals surface area (Å²) in [7, 11) is 1.57. The average Bonchev–Trinajstić information content (AvgIpc) is 2.61. The van der Waals surface area contributed by atoms with Gasteiger partial charge in [-0.25, -0.2) is 4.98 Å². The summed E-state index contributed by atoms with van der Waals surface area (Å²) in [5.74, 6) is 1.25. The summed E-state index contributed by atoms with van der Waals surface area (Å²) in [5, 5.41) is 2.79. The van der Waals surface area contributed by atoms with Crippen molar-refractivity contribution in [1.82, 2.24) is 4.98 Å². The monoisotopic (exact) mass is 400 g/mol. The Labute approximate surface area is 166 Å². The molecular formula is C18H26Cl2N4O2. The Balaban J connectivity index is 0.00000312. The number of hydrogen-bond donors (Lipinski definition) is 2. The molecule has 1 aromatic carbocycles. The highest BCUT2D eigenvalue weighted by molar-refractivity contribution is 6.05.